The molecule has 1 nitrogen and oxygen atoms in total. The van der Waals surface area contributed by atoms with Crippen molar-refractivity contribution >= 4 is 0 Å². The van der Waals surface area contributed by atoms with Gasteiger partial charge < -0.3 is 5.11 Å². The zero-order valence-corrected chi connectivity index (χ0v) is 12.7. The van der Waals surface area contributed by atoms with Crippen molar-refractivity contribution in [1.29, 1.82) is 0 Å². The summed E-state index contributed by atoms with van der Waals surface area (Å²) in [6, 6.07) is 3.16. The van der Waals surface area contributed by atoms with Crippen molar-refractivity contribution in [3.8, 4) is 5.75 Å². The van der Waals surface area contributed by atoms with Crippen molar-refractivity contribution in [2.45, 2.75) is 71.6 Å². The first-order valence-electron chi connectivity index (χ1n) is 7.53. The van der Waals surface area contributed by atoms with Gasteiger partial charge in [-0.3, -0.25) is 0 Å². The smallest absolute Gasteiger partial charge is 0.127 e. The fourth-order valence-corrected chi connectivity index (χ4v) is 2.59. The highest BCUT2D eigenvalue weighted by Crippen LogP contribution is 2.34. The third-order valence-corrected chi connectivity index (χ3v) is 3.86. The second-order valence-electron chi connectivity index (χ2n) is 5.69. The van der Waals surface area contributed by atoms with Crippen molar-refractivity contribution in [3.63, 3.8) is 0 Å². The summed E-state index contributed by atoms with van der Waals surface area (Å²) in [5.74, 6) is 0.438. The number of phenols is 1. The third-order valence-electron chi connectivity index (χ3n) is 3.86. The van der Waals surface area contributed by atoms with Gasteiger partial charge in [-0.25, -0.2) is 4.39 Å². The van der Waals surface area contributed by atoms with Gasteiger partial charge >= 0.3 is 0 Å². The van der Waals surface area contributed by atoms with Gasteiger partial charge in [0.1, 0.15) is 11.6 Å². The summed E-state index contributed by atoms with van der Waals surface area (Å²) < 4.78 is 14.2. The monoisotopic (exact) mass is 266 g/mol. The molecule has 1 N–H and O–H groups in total. The molecule has 0 saturated heterocycles. The number of unbranched alkanes of at least 4 members (excludes halogenated alkanes) is 2. The Hall–Kier alpha value is -1.05. The van der Waals surface area contributed by atoms with E-state index in [0.29, 0.717) is 11.1 Å². The second kappa shape index (κ2) is 7.52. The van der Waals surface area contributed by atoms with Crippen molar-refractivity contribution in [2.24, 2.45) is 0 Å². The summed E-state index contributed by atoms with van der Waals surface area (Å²) in [5, 5.41) is 10.0. The molecule has 1 aromatic carbocycles. The van der Waals surface area contributed by atoms with Crippen LogP contribution in [0.3, 0.4) is 0 Å². The number of benzene rings is 1. The van der Waals surface area contributed by atoms with Crippen LogP contribution in [-0.4, -0.2) is 5.11 Å². The van der Waals surface area contributed by atoms with Gasteiger partial charge in [-0.1, -0.05) is 47.0 Å². The van der Waals surface area contributed by atoms with E-state index in [2.05, 4.69) is 13.8 Å². The molecule has 0 saturated carbocycles. The molecule has 1 unspecified atom stereocenters. The highest BCUT2D eigenvalue weighted by molar-refractivity contribution is 5.40. The lowest BCUT2D eigenvalue weighted by Gasteiger charge is -2.18. The maximum atomic E-state index is 14.2. The van der Waals surface area contributed by atoms with Gasteiger partial charge in [-0.05, 0) is 47.9 Å². The summed E-state index contributed by atoms with van der Waals surface area (Å²) in [5.41, 5.74) is 1.38. The molecule has 1 rings (SSSR count). The Morgan fingerprint density at radius 2 is 1.79 bits per heavy atom. The van der Waals surface area contributed by atoms with E-state index in [1.807, 2.05) is 13.8 Å². The number of phenolic OH excluding ortho intramolecular Hbond substituents is 1. The van der Waals surface area contributed by atoms with Crippen molar-refractivity contribution in [2.75, 3.05) is 0 Å². The van der Waals surface area contributed by atoms with E-state index >= 15 is 0 Å². The Balaban J connectivity index is 2.95. The van der Waals surface area contributed by atoms with Crippen LogP contribution in [0.15, 0.2) is 12.1 Å². The van der Waals surface area contributed by atoms with Crippen LogP contribution in [0.1, 0.15) is 82.8 Å². The lowest BCUT2D eigenvalue weighted by atomic mass is 9.88. The summed E-state index contributed by atoms with van der Waals surface area (Å²) in [6.45, 7) is 8.19. The molecule has 0 bridgehead atoms. The fourth-order valence-electron chi connectivity index (χ4n) is 2.59. The first-order valence-corrected chi connectivity index (χ1v) is 7.53. The molecule has 0 radical (unpaired) electrons. The predicted molar refractivity (Wildman–Crippen MR) is 79.3 cm³/mol. The molecule has 0 aliphatic carbocycles. The summed E-state index contributed by atoms with van der Waals surface area (Å²) >= 11 is 0. The predicted octanol–water partition coefficient (Wildman–Crippen LogP) is 5.73. The Morgan fingerprint density at radius 1 is 1.11 bits per heavy atom. The normalized spacial score (nSPS) is 12.9. The number of hydrogen-bond acceptors (Lipinski definition) is 1. The quantitative estimate of drug-likeness (QED) is 0.625. The largest absolute Gasteiger partial charge is 0.508 e. The molecule has 0 aliphatic rings. The molecule has 2 heteroatoms. The molecule has 19 heavy (non-hydrogen) atoms. The average Bonchev–Trinajstić information content (AvgIpc) is 2.37. The van der Waals surface area contributed by atoms with Crippen LogP contribution in [0.25, 0.3) is 0 Å². The van der Waals surface area contributed by atoms with Crippen LogP contribution < -0.4 is 0 Å². The topological polar surface area (TPSA) is 20.2 Å². The van der Waals surface area contributed by atoms with Crippen LogP contribution in [0.4, 0.5) is 4.39 Å². The Bertz CT molecular complexity index is 398. The molecule has 1 atom stereocenters. The van der Waals surface area contributed by atoms with E-state index in [1.54, 1.807) is 6.07 Å². The molecule has 0 heterocycles. The zero-order valence-electron chi connectivity index (χ0n) is 12.7. The summed E-state index contributed by atoms with van der Waals surface area (Å²) in [4.78, 5) is 0. The minimum atomic E-state index is -0.162. The first kappa shape index (κ1) is 16.0. The number of hydrogen-bond donors (Lipinski definition) is 1. The minimum Gasteiger partial charge on any atom is -0.508 e. The highest BCUT2D eigenvalue weighted by atomic mass is 19.1. The lowest BCUT2D eigenvalue weighted by Crippen LogP contribution is -2.03. The molecule has 0 aliphatic heterocycles. The van der Waals surface area contributed by atoms with Crippen LogP contribution >= 0.6 is 0 Å². The van der Waals surface area contributed by atoms with Crippen molar-refractivity contribution in [3.05, 3.63) is 29.1 Å². The van der Waals surface area contributed by atoms with Gasteiger partial charge in [0.15, 0.2) is 0 Å². The van der Waals surface area contributed by atoms with Crippen LogP contribution in [0, 0.1) is 5.82 Å². The maximum absolute atomic E-state index is 14.2. The average molecular weight is 266 g/mol. The van der Waals surface area contributed by atoms with Gasteiger partial charge in [0.2, 0.25) is 0 Å². The van der Waals surface area contributed by atoms with Gasteiger partial charge in [-0.2, -0.15) is 0 Å². The molecule has 0 spiro atoms. The van der Waals surface area contributed by atoms with Crippen molar-refractivity contribution < 1.29 is 9.50 Å². The molecule has 1 aromatic rings. The minimum absolute atomic E-state index is 0.142. The van der Waals surface area contributed by atoms with Crippen LogP contribution in [0.2, 0.25) is 0 Å². The summed E-state index contributed by atoms with van der Waals surface area (Å²) in [7, 11) is 0. The summed E-state index contributed by atoms with van der Waals surface area (Å²) in [6.07, 6.45) is 5.41. The number of rotatable bonds is 7. The van der Waals surface area contributed by atoms with E-state index in [9.17, 15) is 9.50 Å². The Labute approximate surface area is 116 Å². The number of halogens is 1. The molecule has 0 aromatic heterocycles. The van der Waals surface area contributed by atoms with Gasteiger partial charge in [0, 0.05) is 0 Å². The fraction of sp³-hybridized carbons (Fsp3) is 0.647. The van der Waals surface area contributed by atoms with Crippen molar-refractivity contribution in [1.82, 2.24) is 0 Å². The molecule has 108 valence electrons. The first-order chi connectivity index (χ1) is 9.01. The van der Waals surface area contributed by atoms with E-state index in [4.69, 9.17) is 0 Å². The Kier molecular flexibility index (Phi) is 6.33. The molecular formula is C17H27FO. The van der Waals surface area contributed by atoms with Crippen LogP contribution in [-0.2, 0) is 0 Å². The molecular weight excluding hydrogens is 239 g/mol. The van der Waals surface area contributed by atoms with E-state index in [0.717, 1.165) is 19.3 Å². The maximum Gasteiger partial charge on any atom is 0.127 e. The van der Waals surface area contributed by atoms with Crippen LogP contribution in [0.5, 0.6) is 5.75 Å². The number of aromatic hydroxyl groups is 1. The van der Waals surface area contributed by atoms with E-state index in [-0.39, 0.29) is 23.4 Å². The van der Waals surface area contributed by atoms with E-state index in [1.165, 1.54) is 18.9 Å². The Morgan fingerprint density at radius 3 is 2.32 bits per heavy atom. The lowest BCUT2D eigenvalue weighted by molar-refractivity contribution is 0.454. The standard InChI is InChI=1S/C17H27FO/c1-5-7-8-9-13(6-2)15-11-17(19)14(12(3)4)10-16(15)18/h10-13,19H,5-9H2,1-4H3. The SMILES string of the molecule is CCCCCC(CC)c1cc(O)c(C(C)C)cc1F. The van der Waals surface area contributed by atoms with Gasteiger partial charge in [0.25, 0.3) is 0 Å². The van der Waals surface area contributed by atoms with Gasteiger partial charge in [0.05, 0.1) is 0 Å². The zero-order chi connectivity index (χ0) is 14.4. The molecule has 0 fully saturated rings. The third kappa shape index (κ3) is 4.22. The highest BCUT2D eigenvalue weighted by Gasteiger charge is 2.18. The molecule has 0 amide bonds. The van der Waals surface area contributed by atoms with Gasteiger partial charge in [-0.15, -0.1) is 0 Å². The van der Waals surface area contributed by atoms with E-state index < -0.39 is 0 Å². The second-order valence-corrected chi connectivity index (χ2v) is 5.69.